The van der Waals surface area contributed by atoms with Gasteiger partial charge in [-0.25, -0.2) is 13.9 Å². The lowest BCUT2D eigenvalue weighted by molar-refractivity contribution is 0.351. The van der Waals surface area contributed by atoms with Crippen LogP contribution in [0.15, 0.2) is 30.3 Å². The van der Waals surface area contributed by atoms with Gasteiger partial charge in [-0.2, -0.15) is 0 Å². The highest BCUT2D eigenvalue weighted by Crippen LogP contribution is 2.39. The highest BCUT2D eigenvalue weighted by atomic mass is 32.2. The number of nitrogens with one attached hydrogen (secondary N) is 2. The van der Waals surface area contributed by atoms with Crippen LogP contribution in [0.5, 0.6) is 17.2 Å². The molecule has 8 nitrogen and oxygen atoms in total. The third kappa shape index (κ3) is 3.31. The van der Waals surface area contributed by atoms with Crippen LogP contribution in [-0.2, 0) is 11.0 Å². The first-order valence-electron chi connectivity index (χ1n) is 8.39. The van der Waals surface area contributed by atoms with Crippen molar-refractivity contribution in [3.8, 4) is 28.6 Å². The molecule has 0 amide bonds. The Morgan fingerprint density at radius 3 is 2.78 bits per heavy atom. The van der Waals surface area contributed by atoms with Crippen molar-refractivity contribution in [1.29, 1.82) is 0 Å². The number of phenols is 2. The van der Waals surface area contributed by atoms with Crippen molar-refractivity contribution in [3.05, 3.63) is 30.3 Å². The summed E-state index contributed by atoms with van der Waals surface area (Å²) in [6.07, 6.45) is 1.64. The van der Waals surface area contributed by atoms with Crippen molar-refractivity contribution in [2.45, 2.75) is 6.04 Å². The highest BCUT2D eigenvalue weighted by Gasteiger charge is 2.27. The van der Waals surface area contributed by atoms with Gasteiger partial charge in [-0.05, 0) is 30.3 Å². The average molecular weight is 388 g/mol. The van der Waals surface area contributed by atoms with Crippen molar-refractivity contribution < 1.29 is 19.2 Å². The van der Waals surface area contributed by atoms with Crippen LogP contribution < -0.4 is 14.4 Å². The predicted octanol–water partition coefficient (Wildman–Crippen LogP) is 1.72. The normalized spacial score (nSPS) is 15.7. The lowest BCUT2D eigenvalue weighted by Gasteiger charge is -2.40. The van der Waals surface area contributed by atoms with E-state index in [0.717, 1.165) is 29.8 Å². The summed E-state index contributed by atoms with van der Waals surface area (Å²) >= 11 is 0. The van der Waals surface area contributed by atoms with Gasteiger partial charge in [0.15, 0.2) is 11.5 Å². The summed E-state index contributed by atoms with van der Waals surface area (Å²) in [7, 11) is 0.419. The standard InChI is InChI=1S/C18H20N4O4S/c1-26-16-6-10(5-15(23)17(16)24)18-19-13-4-3-12(7-14(13)20-18)22-8-11(9-22)21-27(2)25/h3-7,11,21,23-24H,8-9H2,1-2H3,(H,19,20). The zero-order valence-corrected chi connectivity index (χ0v) is 15.7. The Hall–Kier alpha value is -2.78. The third-order valence-corrected chi connectivity index (χ3v) is 5.26. The molecule has 4 N–H and O–H groups in total. The minimum atomic E-state index is -1.00. The second-order valence-corrected chi connectivity index (χ2v) is 7.65. The molecule has 1 unspecified atom stereocenters. The Kier molecular flexibility index (Phi) is 4.40. The van der Waals surface area contributed by atoms with Gasteiger partial charge < -0.3 is 24.8 Å². The number of H-pyrrole nitrogens is 1. The fraction of sp³-hybridized carbons (Fsp3) is 0.278. The number of aromatic hydroxyl groups is 2. The van der Waals surface area contributed by atoms with Gasteiger partial charge in [-0.15, -0.1) is 0 Å². The molecule has 27 heavy (non-hydrogen) atoms. The van der Waals surface area contributed by atoms with E-state index in [1.54, 1.807) is 12.3 Å². The molecular weight excluding hydrogens is 368 g/mol. The van der Waals surface area contributed by atoms with Gasteiger partial charge in [0.05, 0.1) is 35.2 Å². The molecular formula is C18H20N4O4S. The Balaban J connectivity index is 1.61. The molecule has 1 fully saturated rings. The average Bonchev–Trinajstić information content (AvgIpc) is 3.03. The second kappa shape index (κ2) is 6.75. The summed E-state index contributed by atoms with van der Waals surface area (Å²) in [4.78, 5) is 9.99. The van der Waals surface area contributed by atoms with Crippen LogP contribution in [0.2, 0.25) is 0 Å². The lowest BCUT2D eigenvalue weighted by atomic mass is 10.1. The van der Waals surface area contributed by atoms with E-state index in [4.69, 9.17) is 4.74 Å². The Morgan fingerprint density at radius 2 is 2.07 bits per heavy atom. The number of rotatable bonds is 5. The molecule has 2 heterocycles. The molecule has 1 aliphatic heterocycles. The van der Waals surface area contributed by atoms with E-state index in [0.29, 0.717) is 11.4 Å². The number of nitrogens with zero attached hydrogens (tertiary/aromatic N) is 2. The zero-order chi connectivity index (χ0) is 19.1. The van der Waals surface area contributed by atoms with Crippen LogP contribution in [0, 0.1) is 0 Å². The number of hydrogen-bond acceptors (Lipinski definition) is 6. The van der Waals surface area contributed by atoms with Crippen LogP contribution >= 0.6 is 0 Å². The van der Waals surface area contributed by atoms with E-state index >= 15 is 0 Å². The van der Waals surface area contributed by atoms with E-state index in [9.17, 15) is 14.4 Å². The molecule has 4 rings (SSSR count). The van der Waals surface area contributed by atoms with Crippen LogP contribution in [0.1, 0.15) is 0 Å². The number of ether oxygens (including phenoxy) is 1. The van der Waals surface area contributed by atoms with Crippen LogP contribution in [-0.4, -0.2) is 56.9 Å². The molecule has 0 spiro atoms. The lowest BCUT2D eigenvalue weighted by Crippen LogP contribution is -2.58. The number of aromatic nitrogens is 2. The van der Waals surface area contributed by atoms with E-state index in [1.165, 1.54) is 13.2 Å². The number of anilines is 1. The van der Waals surface area contributed by atoms with Gasteiger partial charge >= 0.3 is 0 Å². The molecule has 1 atom stereocenters. The number of hydrogen-bond donors (Lipinski definition) is 4. The van der Waals surface area contributed by atoms with Crippen molar-refractivity contribution in [1.82, 2.24) is 14.7 Å². The molecule has 1 aromatic heterocycles. The van der Waals surface area contributed by atoms with Crippen molar-refractivity contribution in [2.75, 3.05) is 31.4 Å². The summed E-state index contributed by atoms with van der Waals surface area (Å²) in [6, 6.07) is 9.23. The topological polar surface area (TPSA) is 111 Å². The summed E-state index contributed by atoms with van der Waals surface area (Å²) < 4.78 is 19.3. The Morgan fingerprint density at radius 1 is 1.30 bits per heavy atom. The van der Waals surface area contributed by atoms with Gasteiger partial charge in [-0.3, -0.25) is 0 Å². The molecule has 2 aromatic carbocycles. The maximum absolute atomic E-state index is 11.2. The summed E-state index contributed by atoms with van der Waals surface area (Å²) in [5, 5.41) is 19.7. The molecule has 3 aromatic rings. The number of phenolic OH excluding ortho intramolecular Hbond substituents is 2. The smallest absolute Gasteiger partial charge is 0.200 e. The van der Waals surface area contributed by atoms with Crippen LogP contribution in [0.25, 0.3) is 22.4 Å². The number of benzene rings is 2. The summed E-state index contributed by atoms with van der Waals surface area (Å²) in [5.74, 6) is 0.186. The second-order valence-electron chi connectivity index (χ2n) is 6.51. The minimum Gasteiger partial charge on any atom is -0.504 e. The minimum absolute atomic E-state index is 0.179. The van der Waals surface area contributed by atoms with Crippen molar-refractivity contribution in [3.63, 3.8) is 0 Å². The first-order chi connectivity index (χ1) is 12.9. The van der Waals surface area contributed by atoms with E-state index in [2.05, 4.69) is 19.6 Å². The zero-order valence-electron chi connectivity index (χ0n) is 14.9. The maximum Gasteiger partial charge on any atom is 0.200 e. The molecule has 0 aliphatic carbocycles. The highest BCUT2D eigenvalue weighted by molar-refractivity contribution is 7.82. The molecule has 0 radical (unpaired) electrons. The summed E-state index contributed by atoms with van der Waals surface area (Å²) in [6.45, 7) is 1.60. The Bertz CT molecular complexity index is 1030. The van der Waals surface area contributed by atoms with E-state index in [-0.39, 0.29) is 23.3 Å². The largest absolute Gasteiger partial charge is 0.504 e. The number of fused-ring (bicyclic) bond motifs is 1. The van der Waals surface area contributed by atoms with E-state index in [1.807, 2.05) is 18.2 Å². The monoisotopic (exact) mass is 388 g/mol. The van der Waals surface area contributed by atoms with Gasteiger partial charge in [0.2, 0.25) is 5.75 Å². The molecule has 9 heteroatoms. The van der Waals surface area contributed by atoms with Crippen LogP contribution in [0.4, 0.5) is 5.69 Å². The van der Waals surface area contributed by atoms with Gasteiger partial charge in [0, 0.05) is 30.6 Å². The summed E-state index contributed by atoms with van der Waals surface area (Å²) in [5.41, 5.74) is 3.33. The molecule has 0 saturated carbocycles. The van der Waals surface area contributed by atoms with Gasteiger partial charge in [0.1, 0.15) is 5.82 Å². The fourth-order valence-electron chi connectivity index (χ4n) is 3.22. The maximum atomic E-state index is 11.2. The number of imidazole rings is 1. The number of aromatic amines is 1. The molecule has 142 valence electrons. The predicted molar refractivity (Wildman–Crippen MR) is 105 cm³/mol. The van der Waals surface area contributed by atoms with Gasteiger partial charge in [-0.1, -0.05) is 0 Å². The van der Waals surface area contributed by atoms with Gasteiger partial charge in [0.25, 0.3) is 0 Å². The van der Waals surface area contributed by atoms with Crippen LogP contribution in [0.3, 0.4) is 0 Å². The van der Waals surface area contributed by atoms with E-state index < -0.39 is 11.0 Å². The fourth-order valence-corrected chi connectivity index (χ4v) is 3.83. The molecule has 1 saturated heterocycles. The first kappa shape index (κ1) is 17.6. The SMILES string of the molecule is COc1cc(-c2nc3ccc(N4CC(NS(C)=O)C4)cc3[nH]2)cc(O)c1O. The quantitative estimate of drug-likeness (QED) is 0.496. The third-order valence-electron chi connectivity index (χ3n) is 4.59. The Labute approximate surface area is 158 Å². The molecule has 1 aliphatic rings. The first-order valence-corrected chi connectivity index (χ1v) is 9.95. The van der Waals surface area contributed by atoms with Crippen molar-refractivity contribution >= 4 is 27.7 Å². The van der Waals surface area contributed by atoms with Crippen molar-refractivity contribution in [2.24, 2.45) is 0 Å². The number of methoxy groups -OCH3 is 1. The molecule has 0 bridgehead atoms.